The Morgan fingerprint density at radius 2 is 2.10 bits per heavy atom. The number of aliphatic hydroxyl groups is 1. The molecule has 2 amide bonds. The molecule has 0 aromatic heterocycles. The number of rotatable bonds is 2. The zero-order valence-electron chi connectivity index (χ0n) is 12.1. The summed E-state index contributed by atoms with van der Waals surface area (Å²) in [6.45, 7) is 0. The summed E-state index contributed by atoms with van der Waals surface area (Å²) < 4.78 is 0. The zero-order valence-corrected chi connectivity index (χ0v) is 12.1. The number of aliphatic hydroxyl groups excluding tert-OH is 1. The van der Waals surface area contributed by atoms with Crippen molar-refractivity contribution in [1.82, 2.24) is 4.90 Å². The number of fused-ring (bicyclic) bond motifs is 1. The van der Waals surface area contributed by atoms with Gasteiger partial charge in [-0.3, -0.25) is 9.59 Å². The van der Waals surface area contributed by atoms with Crippen molar-refractivity contribution in [2.75, 3.05) is 12.4 Å². The molecule has 2 aliphatic rings. The molecule has 1 aliphatic carbocycles. The first-order valence-corrected chi connectivity index (χ1v) is 7.44. The molecule has 5 nitrogen and oxygen atoms in total. The first kappa shape index (κ1) is 14.1. The highest BCUT2D eigenvalue weighted by atomic mass is 16.3. The van der Waals surface area contributed by atoms with E-state index in [1.54, 1.807) is 30.1 Å². The molecule has 2 atom stereocenters. The maximum absolute atomic E-state index is 12.6. The Balaban J connectivity index is 1.79. The number of hydrogen-bond donors (Lipinski definition) is 2. The Bertz CT molecular complexity index is 585. The van der Waals surface area contributed by atoms with E-state index in [0.717, 1.165) is 36.9 Å². The predicted molar refractivity (Wildman–Crippen MR) is 79.1 cm³/mol. The molecule has 112 valence electrons. The Kier molecular flexibility index (Phi) is 3.68. The molecule has 2 N–H and O–H groups in total. The third kappa shape index (κ3) is 2.65. The topological polar surface area (TPSA) is 69.6 Å². The Hall–Kier alpha value is -1.88. The molecule has 1 saturated carbocycles. The normalized spacial score (nSPS) is 24.4. The van der Waals surface area contributed by atoms with Crippen LogP contribution < -0.4 is 5.32 Å². The molecule has 1 aliphatic heterocycles. The molecule has 0 saturated heterocycles. The van der Waals surface area contributed by atoms with Gasteiger partial charge in [-0.15, -0.1) is 0 Å². The number of nitrogens with one attached hydrogen (secondary N) is 1. The summed E-state index contributed by atoms with van der Waals surface area (Å²) in [5.41, 5.74) is 2.23. The highest BCUT2D eigenvalue weighted by molar-refractivity contribution is 6.01. The van der Waals surface area contributed by atoms with Crippen molar-refractivity contribution in [2.45, 2.75) is 44.2 Å². The Morgan fingerprint density at radius 3 is 2.86 bits per heavy atom. The van der Waals surface area contributed by atoms with Gasteiger partial charge in [0.05, 0.1) is 18.6 Å². The number of carbonyl (C=O) groups is 2. The number of carbonyl (C=O) groups excluding carboxylic acids is 2. The van der Waals surface area contributed by atoms with Crippen LogP contribution in [-0.2, 0) is 11.2 Å². The summed E-state index contributed by atoms with van der Waals surface area (Å²) in [6.07, 6.45) is 3.55. The number of anilines is 1. The summed E-state index contributed by atoms with van der Waals surface area (Å²) >= 11 is 0. The van der Waals surface area contributed by atoms with E-state index in [2.05, 4.69) is 5.32 Å². The van der Waals surface area contributed by atoms with Gasteiger partial charge in [-0.2, -0.15) is 0 Å². The van der Waals surface area contributed by atoms with Crippen LogP contribution in [-0.4, -0.2) is 41.0 Å². The van der Waals surface area contributed by atoms with Crippen molar-refractivity contribution in [3.63, 3.8) is 0 Å². The van der Waals surface area contributed by atoms with Crippen molar-refractivity contribution in [3.05, 3.63) is 29.3 Å². The van der Waals surface area contributed by atoms with Crippen LogP contribution in [0, 0.1) is 0 Å². The monoisotopic (exact) mass is 288 g/mol. The largest absolute Gasteiger partial charge is 0.391 e. The van der Waals surface area contributed by atoms with Crippen molar-refractivity contribution < 1.29 is 14.7 Å². The van der Waals surface area contributed by atoms with Crippen LogP contribution in [0.4, 0.5) is 5.69 Å². The van der Waals surface area contributed by atoms with Crippen LogP contribution in [0.15, 0.2) is 18.2 Å². The highest BCUT2D eigenvalue weighted by Crippen LogP contribution is 2.27. The van der Waals surface area contributed by atoms with Gasteiger partial charge in [0.2, 0.25) is 5.91 Å². The summed E-state index contributed by atoms with van der Waals surface area (Å²) in [5, 5.41) is 12.8. The molecule has 0 spiro atoms. The van der Waals surface area contributed by atoms with Gasteiger partial charge in [-0.05, 0) is 36.6 Å². The molecular weight excluding hydrogens is 268 g/mol. The summed E-state index contributed by atoms with van der Waals surface area (Å²) in [5.74, 6) is -0.131. The van der Waals surface area contributed by atoms with Gasteiger partial charge in [0.1, 0.15) is 0 Å². The fourth-order valence-corrected chi connectivity index (χ4v) is 3.26. The van der Waals surface area contributed by atoms with E-state index >= 15 is 0 Å². The Labute approximate surface area is 123 Å². The number of amides is 2. The van der Waals surface area contributed by atoms with Crippen LogP contribution in [0.2, 0.25) is 0 Å². The number of likely N-dealkylation sites (N-methyl/N-ethyl adjacent to an activating group) is 1. The molecule has 5 heteroatoms. The predicted octanol–water partition coefficient (Wildman–Crippen LogP) is 1.56. The Morgan fingerprint density at radius 1 is 1.33 bits per heavy atom. The average Bonchev–Trinajstić information content (AvgIpc) is 2.85. The lowest BCUT2D eigenvalue weighted by Crippen LogP contribution is -2.46. The first-order valence-electron chi connectivity index (χ1n) is 7.44. The minimum absolute atomic E-state index is 0.0364. The number of hydrogen-bond acceptors (Lipinski definition) is 3. The second-order valence-corrected chi connectivity index (χ2v) is 5.93. The third-order valence-electron chi connectivity index (χ3n) is 4.49. The van der Waals surface area contributed by atoms with E-state index in [-0.39, 0.29) is 17.9 Å². The van der Waals surface area contributed by atoms with Crippen molar-refractivity contribution in [1.29, 1.82) is 0 Å². The maximum Gasteiger partial charge on any atom is 0.253 e. The van der Waals surface area contributed by atoms with Crippen molar-refractivity contribution in [2.24, 2.45) is 0 Å². The van der Waals surface area contributed by atoms with Gasteiger partial charge in [0, 0.05) is 18.3 Å². The molecule has 21 heavy (non-hydrogen) atoms. The van der Waals surface area contributed by atoms with E-state index in [9.17, 15) is 14.7 Å². The van der Waals surface area contributed by atoms with Crippen LogP contribution in [0.5, 0.6) is 0 Å². The lowest BCUT2D eigenvalue weighted by atomic mass is 9.91. The summed E-state index contributed by atoms with van der Waals surface area (Å²) in [6, 6.07) is 5.18. The highest BCUT2D eigenvalue weighted by Gasteiger charge is 2.30. The van der Waals surface area contributed by atoms with Gasteiger partial charge in [-0.25, -0.2) is 0 Å². The van der Waals surface area contributed by atoms with E-state index < -0.39 is 6.10 Å². The minimum atomic E-state index is -0.439. The molecule has 1 aromatic rings. The van der Waals surface area contributed by atoms with Crippen molar-refractivity contribution >= 4 is 17.5 Å². The van der Waals surface area contributed by atoms with Gasteiger partial charge < -0.3 is 15.3 Å². The van der Waals surface area contributed by atoms with Crippen molar-refractivity contribution in [3.8, 4) is 0 Å². The van der Waals surface area contributed by atoms with Crippen LogP contribution in [0.1, 0.15) is 41.6 Å². The number of benzene rings is 1. The second kappa shape index (κ2) is 5.48. The molecule has 1 fully saturated rings. The van der Waals surface area contributed by atoms with E-state index in [1.807, 2.05) is 0 Å². The fourth-order valence-electron chi connectivity index (χ4n) is 3.26. The standard InChI is InChI=1S/C16H20N2O3/c1-18(13-4-2-3-5-14(13)19)16(21)10-6-7-12-11(8-10)9-15(20)17-12/h6-8,13-14,19H,2-5,9H2,1H3,(H,17,20). The molecular formula is C16H20N2O3. The summed E-state index contributed by atoms with van der Waals surface area (Å²) in [7, 11) is 1.75. The van der Waals surface area contributed by atoms with Crippen LogP contribution in [0.25, 0.3) is 0 Å². The van der Waals surface area contributed by atoms with E-state index in [4.69, 9.17) is 0 Å². The summed E-state index contributed by atoms with van der Waals surface area (Å²) in [4.78, 5) is 25.6. The molecule has 0 bridgehead atoms. The van der Waals surface area contributed by atoms with Crippen LogP contribution in [0.3, 0.4) is 0 Å². The molecule has 1 aromatic carbocycles. The smallest absolute Gasteiger partial charge is 0.253 e. The molecule has 2 unspecified atom stereocenters. The number of nitrogens with zero attached hydrogens (tertiary/aromatic N) is 1. The molecule has 0 radical (unpaired) electrons. The third-order valence-corrected chi connectivity index (χ3v) is 4.49. The van der Waals surface area contributed by atoms with Gasteiger partial charge in [0.25, 0.3) is 5.91 Å². The molecule has 3 rings (SSSR count). The molecule has 1 heterocycles. The average molecular weight is 288 g/mol. The zero-order chi connectivity index (χ0) is 15.0. The first-order chi connectivity index (χ1) is 10.1. The van der Waals surface area contributed by atoms with Crippen LogP contribution >= 0.6 is 0 Å². The second-order valence-electron chi connectivity index (χ2n) is 5.93. The SMILES string of the molecule is CN(C(=O)c1ccc2c(c1)CC(=O)N2)C1CCCCC1O. The minimum Gasteiger partial charge on any atom is -0.391 e. The van der Waals surface area contributed by atoms with Gasteiger partial charge in [-0.1, -0.05) is 12.8 Å². The maximum atomic E-state index is 12.6. The van der Waals surface area contributed by atoms with E-state index in [1.165, 1.54) is 0 Å². The van der Waals surface area contributed by atoms with Gasteiger partial charge in [0.15, 0.2) is 0 Å². The fraction of sp³-hybridized carbons (Fsp3) is 0.500. The van der Waals surface area contributed by atoms with Gasteiger partial charge >= 0.3 is 0 Å². The van der Waals surface area contributed by atoms with E-state index in [0.29, 0.717) is 12.0 Å². The lowest BCUT2D eigenvalue weighted by Gasteiger charge is -2.35. The lowest BCUT2D eigenvalue weighted by molar-refractivity contribution is -0.115. The quantitative estimate of drug-likeness (QED) is 0.867.